The van der Waals surface area contributed by atoms with Crippen LogP contribution in [0.25, 0.3) is 6.08 Å². The number of ketones is 1. The van der Waals surface area contributed by atoms with E-state index in [-0.39, 0.29) is 46.3 Å². The van der Waals surface area contributed by atoms with Crippen molar-refractivity contribution >= 4 is 23.5 Å². The molecule has 0 radical (unpaired) electrons. The number of carbonyl (C=O) groups is 2. The monoisotopic (exact) mass is 432 g/mol. The van der Waals surface area contributed by atoms with Gasteiger partial charge in [0, 0.05) is 6.07 Å². The molecule has 2 aliphatic rings. The summed E-state index contributed by atoms with van der Waals surface area (Å²) in [5.74, 6) is 0.520. The number of allylic oxidation sites excluding steroid dienone is 1. The Morgan fingerprint density at radius 3 is 2.72 bits per heavy atom. The summed E-state index contributed by atoms with van der Waals surface area (Å²) in [4.78, 5) is 25.1. The van der Waals surface area contributed by atoms with Crippen molar-refractivity contribution in [1.29, 1.82) is 0 Å². The van der Waals surface area contributed by atoms with Crippen molar-refractivity contribution in [2.24, 2.45) is 0 Å². The lowest BCUT2D eigenvalue weighted by atomic mass is 10.1. The third-order valence-corrected chi connectivity index (χ3v) is 4.85. The molecule has 0 bridgehead atoms. The zero-order valence-corrected chi connectivity index (χ0v) is 16.3. The lowest BCUT2D eigenvalue weighted by molar-refractivity contribution is 0.0734. The molecule has 0 saturated carbocycles. The first kappa shape index (κ1) is 19.6. The van der Waals surface area contributed by atoms with Crippen LogP contribution in [0.2, 0.25) is 0 Å². The van der Waals surface area contributed by atoms with E-state index in [0.29, 0.717) is 22.6 Å². The highest BCUT2D eigenvalue weighted by molar-refractivity contribution is 6.14. The standard InChI is InChI=1S/C23H14NO8/c25-22-17-6-5-16(31-23(26)14-4-7-18-20(10-14)30-12-29-18)11-19(17)32-21(22)9-13-2-1-3-15(8-13)24(27)28/h1-11,27H,12H2/q-1. The summed E-state index contributed by atoms with van der Waals surface area (Å²) >= 11 is 0. The van der Waals surface area contributed by atoms with Gasteiger partial charge in [0.2, 0.25) is 12.6 Å². The van der Waals surface area contributed by atoms with Gasteiger partial charge in [-0.2, -0.15) is 0 Å². The second-order valence-corrected chi connectivity index (χ2v) is 6.92. The van der Waals surface area contributed by atoms with Crippen molar-refractivity contribution in [3.63, 3.8) is 0 Å². The van der Waals surface area contributed by atoms with Crippen molar-refractivity contribution in [2.45, 2.75) is 0 Å². The zero-order valence-electron chi connectivity index (χ0n) is 16.3. The molecule has 0 amide bonds. The molecule has 2 heterocycles. The number of rotatable bonds is 4. The van der Waals surface area contributed by atoms with E-state index in [1.54, 1.807) is 24.3 Å². The molecule has 0 saturated heterocycles. The number of fused-ring (bicyclic) bond motifs is 2. The molecule has 0 fully saturated rings. The summed E-state index contributed by atoms with van der Waals surface area (Å²) in [5, 5.41) is 19.8. The highest BCUT2D eigenvalue weighted by Gasteiger charge is 2.28. The average Bonchev–Trinajstić information content (AvgIpc) is 3.37. The van der Waals surface area contributed by atoms with Gasteiger partial charge in [-0.3, -0.25) is 10.0 Å². The van der Waals surface area contributed by atoms with Gasteiger partial charge in [-0.1, -0.05) is 12.1 Å². The average molecular weight is 432 g/mol. The molecule has 32 heavy (non-hydrogen) atoms. The van der Waals surface area contributed by atoms with Crippen LogP contribution >= 0.6 is 0 Å². The lowest BCUT2D eigenvalue weighted by Crippen LogP contribution is -2.08. The first-order valence-electron chi connectivity index (χ1n) is 9.44. The third kappa shape index (κ3) is 3.62. The third-order valence-electron chi connectivity index (χ3n) is 4.85. The maximum atomic E-state index is 12.6. The van der Waals surface area contributed by atoms with Gasteiger partial charge < -0.3 is 29.4 Å². The van der Waals surface area contributed by atoms with Gasteiger partial charge >= 0.3 is 5.97 Å². The molecule has 3 aromatic carbocycles. The predicted octanol–water partition coefficient (Wildman–Crippen LogP) is 3.94. The number of esters is 1. The summed E-state index contributed by atoms with van der Waals surface area (Å²) in [6.07, 6.45) is 1.45. The fourth-order valence-corrected chi connectivity index (χ4v) is 3.31. The molecular formula is C23H14NO8-. The number of Topliss-reactive ketones (excluding diaryl/α,β-unsaturated/α-hetero) is 1. The fraction of sp³-hybridized carbons (Fsp3) is 0.0435. The van der Waals surface area contributed by atoms with Gasteiger partial charge in [0.05, 0.1) is 16.8 Å². The maximum Gasteiger partial charge on any atom is 0.343 e. The maximum absolute atomic E-state index is 12.6. The van der Waals surface area contributed by atoms with E-state index in [9.17, 15) is 14.8 Å². The number of benzene rings is 3. The van der Waals surface area contributed by atoms with Crippen molar-refractivity contribution in [3.05, 3.63) is 88.3 Å². The Kier molecular flexibility index (Phi) is 4.74. The molecule has 9 nitrogen and oxygen atoms in total. The van der Waals surface area contributed by atoms with Crippen LogP contribution in [-0.4, -0.2) is 23.8 Å². The topological polar surface area (TPSA) is 118 Å². The smallest absolute Gasteiger partial charge is 0.343 e. The Balaban J connectivity index is 1.35. The zero-order chi connectivity index (χ0) is 22.2. The summed E-state index contributed by atoms with van der Waals surface area (Å²) in [6.45, 7) is 0.0965. The number of carbonyl (C=O) groups excluding carboxylic acids is 2. The van der Waals surface area contributed by atoms with Crippen molar-refractivity contribution < 1.29 is 33.7 Å². The van der Waals surface area contributed by atoms with Crippen molar-refractivity contribution in [3.8, 4) is 23.0 Å². The highest BCUT2D eigenvalue weighted by Crippen LogP contribution is 2.36. The second-order valence-electron chi connectivity index (χ2n) is 6.92. The number of nitrogens with zero attached hydrogens (tertiary/aromatic N) is 1. The Hall–Kier alpha value is -4.34. The van der Waals surface area contributed by atoms with Crippen molar-refractivity contribution in [2.75, 3.05) is 12.0 Å². The van der Waals surface area contributed by atoms with Crippen LogP contribution in [-0.2, 0) is 0 Å². The minimum atomic E-state index is -0.605. The SMILES string of the molecule is O=C(Oc1ccc2c(c1)OC(=Cc1cccc(N([O-])O)c1)C2=O)c1ccc2c(c1)OCO2. The molecule has 5 rings (SSSR count). The normalized spacial score (nSPS) is 14.8. The van der Waals surface area contributed by atoms with Gasteiger partial charge in [-0.25, -0.2) is 4.79 Å². The van der Waals surface area contributed by atoms with Gasteiger partial charge in [-0.15, -0.1) is 0 Å². The van der Waals surface area contributed by atoms with E-state index in [4.69, 9.17) is 24.2 Å². The molecule has 0 atom stereocenters. The molecule has 3 aromatic rings. The van der Waals surface area contributed by atoms with E-state index in [0.717, 1.165) is 0 Å². The molecule has 2 aliphatic heterocycles. The summed E-state index contributed by atoms with van der Waals surface area (Å²) < 4.78 is 21.5. The van der Waals surface area contributed by atoms with Gasteiger partial charge in [0.25, 0.3) is 0 Å². The number of ether oxygens (including phenoxy) is 4. The summed E-state index contributed by atoms with van der Waals surface area (Å²) in [7, 11) is 0. The Labute approximate surface area is 181 Å². The van der Waals surface area contributed by atoms with E-state index in [1.165, 1.54) is 42.5 Å². The molecule has 0 spiro atoms. The molecule has 1 N–H and O–H groups in total. The second kappa shape index (κ2) is 7.73. The summed E-state index contributed by atoms with van der Waals surface area (Å²) in [6, 6.07) is 15.2. The molecule has 0 aromatic heterocycles. The van der Waals surface area contributed by atoms with Gasteiger partial charge in [0.15, 0.2) is 17.3 Å². The van der Waals surface area contributed by atoms with Crippen LogP contribution in [0.1, 0.15) is 26.3 Å². The molecule has 0 aliphatic carbocycles. The van der Waals surface area contributed by atoms with E-state index in [2.05, 4.69) is 0 Å². The molecule has 160 valence electrons. The highest BCUT2D eigenvalue weighted by atomic mass is 16.8. The van der Waals surface area contributed by atoms with Crippen LogP contribution in [0.4, 0.5) is 5.69 Å². The van der Waals surface area contributed by atoms with Crippen LogP contribution in [0.3, 0.4) is 0 Å². The van der Waals surface area contributed by atoms with Crippen LogP contribution in [0, 0.1) is 5.21 Å². The first-order valence-corrected chi connectivity index (χ1v) is 9.44. The Morgan fingerprint density at radius 1 is 1.03 bits per heavy atom. The predicted molar refractivity (Wildman–Crippen MR) is 111 cm³/mol. The van der Waals surface area contributed by atoms with E-state index < -0.39 is 5.97 Å². The Morgan fingerprint density at radius 2 is 1.88 bits per heavy atom. The quantitative estimate of drug-likeness (QED) is 0.283. The van der Waals surface area contributed by atoms with Crippen LogP contribution < -0.4 is 24.2 Å². The largest absolute Gasteiger partial charge is 0.733 e. The first-order chi connectivity index (χ1) is 15.5. The van der Waals surface area contributed by atoms with Crippen molar-refractivity contribution in [1.82, 2.24) is 0 Å². The van der Waals surface area contributed by atoms with Gasteiger partial charge in [0.1, 0.15) is 11.5 Å². The van der Waals surface area contributed by atoms with Crippen LogP contribution in [0.5, 0.6) is 23.0 Å². The minimum Gasteiger partial charge on any atom is -0.733 e. The number of anilines is 1. The Bertz CT molecular complexity index is 1280. The van der Waals surface area contributed by atoms with E-state index in [1.807, 2.05) is 0 Å². The van der Waals surface area contributed by atoms with Crippen LogP contribution in [0.15, 0.2) is 66.4 Å². The molecular weight excluding hydrogens is 418 g/mol. The molecule has 9 heteroatoms. The van der Waals surface area contributed by atoms with Gasteiger partial charge in [-0.05, 0) is 54.1 Å². The summed E-state index contributed by atoms with van der Waals surface area (Å²) in [5.41, 5.74) is 1.09. The molecule has 0 unspecified atom stereocenters. The lowest BCUT2D eigenvalue weighted by Gasteiger charge is -2.21. The van der Waals surface area contributed by atoms with E-state index >= 15 is 0 Å². The number of hydrogen-bond donors (Lipinski definition) is 1. The fourth-order valence-electron chi connectivity index (χ4n) is 3.31. The minimum absolute atomic E-state index is 0.0139. The number of hydrogen-bond acceptors (Lipinski definition) is 9.